The summed E-state index contributed by atoms with van der Waals surface area (Å²) in [5.41, 5.74) is 4.80. The highest BCUT2D eigenvalue weighted by Crippen LogP contribution is 2.24. The standard InChI is InChI=1S/C20H16BrN3O2/c21-17-6-7-18(19(12-17)26-14-16-4-2-1-3-5-16)20(25)24-23-13-15-8-10-22-11-9-15/h1-13H,14H2,(H,24,25)/b23-13-. The first-order valence-corrected chi connectivity index (χ1v) is 8.71. The van der Waals surface area contributed by atoms with Crippen LogP contribution >= 0.6 is 15.9 Å². The number of ether oxygens (including phenoxy) is 1. The molecular formula is C20H16BrN3O2. The van der Waals surface area contributed by atoms with Gasteiger partial charge in [0.2, 0.25) is 0 Å². The van der Waals surface area contributed by atoms with E-state index in [4.69, 9.17) is 4.74 Å². The Morgan fingerprint density at radius 3 is 2.65 bits per heavy atom. The second kappa shape index (κ2) is 8.92. The fourth-order valence-electron chi connectivity index (χ4n) is 2.21. The number of carbonyl (C=O) groups is 1. The molecule has 0 aliphatic rings. The molecule has 0 atom stereocenters. The van der Waals surface area contributed by atoms with Crippen LogP contribution in [0.2, 0.25) is 0 Å². The zero-order valence-corrected chi connectivity index (χ0v) is 15.4. The lowest BCUT2D eigenvalue weighted by atomic mass is 10.2. The van der Waals surface area contributed by atoms with E-state index in [1.807, 2.05) is 30.3 Å². The number of hydrogen-bond donors (Lipinski definition) is 1. The van der Waals surface area contributed by atoms with Gasteiger partial charge in [-0.1, -0.05) is 46.3 Å². The van der Waals surface area contributed by atoms with E-state index in [0.717, 1.165) is 15.6 Å². The van der Waals surface area contributed by atoms with E-state index in [1.54, 1.807) is 48.9 Å². The van der Waals surface area contributed by atoms with Crippen molar-refractivity contribution in [2.45, 2.75) is 6.61 Å². The highest BCUT2D eigenvalue weighted by Gasteiger charge is 2.13. The lowest BCUT2D eigenvalue weighted by Crippen LogP contribution is -2.18. The number of rotatable bonds is 6. The van der Waals surface area contributed by atoms with Crippen LogP contribution in [0.15, 0.2) is 82.6 Å². The van der Waals surface area contributed by atoms with Gasteiger partial charge in [0.1, 0.15) is 12.4 Å². The average molecular weight is 410 g/mol. The molecule has 0 unspecified atom stereocenters. The number of aromatic nitrogens is 1. The Balaban J connectivity index is 1.70. The number of amides is 1. The molecule has 0 radical (unpaired) electrons. The number of hydrazone groups is 1. The molecule has 5 nitrogen and oxygen atoms in total. The molecule has 1 aromatic heterocycles. The van der Waals surface area contributed by atoms with Crippen LogP contribution in [0.4, 0.5) is 0 Å². The van der Waals surface area contributed by atoms with Gasteiger partial charge in [-0.05, 0) is 41.5 Å². The molecule has 0 fully saturated rings. The molecule has 0 aliphatic heterocycles. The number of halogens is 1. The molecule has 26 heavy (non-hydrogen) atoms. The predicted molar refractivity (Wildman–Crippen MR) is 104 cm³/mol. The minimum atomic E-state index is -0.342. The van der Waals surface area contributed by atoms with Gasteiger partial charge < -0.3 is 4.74 Å². The summed E-state index contributed by atoms with van der Waals surface area (Å²) in [5, 5.41) is 3.98. The number of carbonyl (C=O) groups excluding carboxylic acids is 1. The molecule has 0 bridgehead atoms. The quantitative estimate of drug-likeness (QED) is 0.490. The first-order valence-electron chi connectivity index (χ1n) is 7.92. The maximum atomic E-state index is 12.4. The van der Waals surface area contributed by atoms with E-state index in [2.05, 4.69) is 31.4 Å². The molecule has 3 rings (SSSR count). The molecule has 0 spiro atoms. The van der Waals surface area contributed by atoms with Gasteiger partial charge in [-0.2, -0.15) is 5.10 Å². The number of hydrogen-bond acceptors (Lipinski definition) is 4. The van der Waals surface area contributed by atoms with Crippen molar-refractivity contribution in [1.29, 1.82) is 0 Å². The zero-order chi connectivity index (χ0) is 18.2. The Kier molecular flexibility index (Phi) is 6.11. The number of nitrogens with zero attached hydrogens (tertiary/aromatic N) is 2. The van der Waals surface area contributed by atoms with E-state index >= 15 is 0 Å². The fraction of sp³-hybridized carbons (Fsp3) is 0.0500. The van der Waals surface area contributed by atoms with Crippen LogP contribution < -0.4 is 10.2 Å². The largest absolute Gasteiger partial charge is 0.488 e. The minimum absolute atomic E-state index is 0.342. The fourth-order valence-corrected chi connectivity index (χ4v) is 2.55. The van der Waals surface area contributed by atoms with Crippen LogP contribution in [-0.2, 0) is 6.61 Å². The molecule has 2 aromatic carbocycles. The van der Waals surface area contributed by atoms with E-state index < -0.39 is 0 Å². The van der Waals surface area contributed by atoms with Crippen molar-refractivity contribution in [3.63, 3.8) is 0 Å². The van der Waals surface area contributed by atoms with E-state index in [9.17, 15) is 4.79 Å². The molecule has 0 aliphatic carbocycles. The summed E-state index contributed by atoms with van der Waals surface area (Å²) < 4.78 is 6.67. The summed E-state index contributed by atoms with van der Waals surface area (Å²) in [4.78, 5) is 16.4. The summed E-state index contributed by atoms with van der Waals surface area (Å²) in [6, 6.07) is 18.6. The summed E-state index contributed by atoms with van der Waals surface area (Å²) >= 11 is 3.41. The van der Waals surface area contributed by atoms with Crippen LogP contribution in [-0.4, -0.2) is 17.1 Å². The molecular weight excluding hydrogens is 394 g/mol. The first-order chi connectivity index (χ1) is 12.7. The highest BCUT2D eigenvalue weighted by atomic mass is 79.9. The SMILES string of the molecule is O=C(N/N=C\c1ccncc1)c1ccc(Br)cc1OCc1ccccc1. The zero-order valence-electron chi connectivity index (χ0n) is 13.8. The van der Waals surface area contributed by atoms with E-state index in [1.165, 1.54) is 0 Å². The summed E-state index contributed by atoms with van der Waals surface area (Å²) in [6.07, 6.45) is 4.88. The van der Waals surface area contributed by atoms with Gasteiger partial charge in [0, 0.05) is 16.9 Å². The molecule has 6 heteroatoms. The van der Waals surface area contributed by atoms with Crippen molar-refractivity contribution in [3.05, 3.63) is 94.2 Å². The van der Waals surface area contributed by atoms with E-state index in [0.29, 0.717) is 17.9 Å². The highest BCUT2D eigenvalue weighted by molar-refractivity contribution is 9.10. The average Bonchev–Trinajstić information content (AvgIpc) is 2.68. The predicted octanol–water partition coefficient (Wildman–Crippen LogP) is 4.19. The molecule has 130 valence electrons. The van der Waals surface area contributed by atoms with Crippen molar-refractivity contribution in [2.24, 2.45) is 5.10 Å². The normalized spacial score (nSPS) is 10.7. The molecule has 0 saturated carbocycles. The maximum Gasteiger partial charge on any atom is 0.275 e. The van der Waals surface area contributed by atoms with Gasteiger partial charge in [-0.3, -0.25) is 9.78 Å². The Hall–Kier alpha value is -2.99. The molecule has 1 N–H and O–H groups in total. The van der Waals surface area contributed by atoms with Gasteiger partial charge in [0.15, 0.2) is 0 Å². The van der Waals surface area contributed by atoms with Crippen LogP contribution in [0.3, 0.4) is 0 Å². The van der Waals surface area contributed by atoms with Gasteiger partial charge in [-0.25, -0.2) is 5.43 Å². The topological polar surface area (TPSA) is 63.6 Å². The lowest BCUT2D eigenvalue weighted by Gasteiger charge is -2.11. The lowest BCUT2D eigenvalue weighted by molar-refractivity contribution is 0.0950. The second-order valence-electron chi connectivity index (χ2n) is 5.39. The van der Waals surface area contributed by atoms with Crippen LogP contribution in [0.25, 0.3) is 0 Å². The van der Waals surface area contributed by atoms with Crippen molar-refractivity contribution >= 4 is 28.1 Å². The Morgan fingerprint density at radius 2 is 1.88 bits per heavy atom. The van der Waals surface area contributed by atoms with Crippen molar-refractivity contribution in [1.82, 2.24) is 10.4 Å². The Bertz CT molecular complexity index is 899. The molecule has 0 saturated heterocycles. The monoisotopic (exact) mass is 409 g/mol. The number of pyridine rings is 1. The van der Waals surface area contributed by atoms with Crippen LogP contribution in [0.1, 0.15) is 21.5 Å². The molecule has 1 heterocycles. The third-order valence-corrected chi connectivity index (χ3v) is 4.00. The smallest absolute Gasteiger partial charge is 0.275 e. The van der Waals surface area contributed by atoms with Gasteiger partial charge in [0.05, 0.1) is 11.8 Å². The summed E-state index contributed by atoms with van der Waals surface area (Å²) in [5.74, 6) is 0.144. The van der Waals surface area contributed by atoms with Gasteiger partial charge in [0.25, 0.3) is 5.91 Å². The summed E-state index contributed by atoms with van der Waals surface area (Å²) in [7, 11) is 0. The second-order valence-corrected chi connectivity index (χ2v) is 6.31. The van der Waals surface area contributed by atoms with Crippen molar-refractivity contribution in [3.8, 4) is 5.75 Å². The van der Waals surface area contributed by atoms with Gasteiger partial charge in [-0.15, -0.1) is 0 Å². The number of benzene rings is 2. The minimum Gasteiger partial charge on any atom is -0.488 e. The maximum absolute atomic E-state index is 12.4. The molecule has 3 aromatic rings. The first kappa shape index (κ1) is 17.8. The van der Waals surface area contributed by atoms with E-state index in [-0.39, 0.29) is 5.91 Å². The number of nitrogens with one attached hydrogen (secondary N) is 1. The van der Waals surface area contributed by atoms with Crippen molar-refractivity contribution < 1.29 is 9.53 Å². The third kappa shape index (κ3) is 5.00. The van der Waals surface area contributed by atoms with Gasteiger partial charge >= 0.3 is 0 Å². The third-order valence-electron chi connectivity index (χ3n) is 3.51. The van der Waals surface area contributed by atoms with Crippen molar-refractivity contribution in [2.75, 3.05) is 0 Å². The molecule has 1 amide bonds. The Morgan fingerprint density at radius 1 is 1.12 bits per heavy atom. The van der Waals surface area contributed by atoms with Crippen LogP contribution in [0, 0.1) is 0 Å². The Labute approximate surface area is 159 Å². The van der Waals surface area contributed by atoms with Crippen LogP contribution in [0.5, 0.6) is 5.75 Å². The summed E-state index contributed by atoms with van der Waals surface area (Å²) in [6.45, 7) is 0.373.